The first-order chi connectivity index (χ1) is 9.76. The second-order valence-electron chi connectivity index (χ2n) is 4.07. The SMILES string of the molecule is CSc1ccccc1OC(C(=O)NN)c1ccccc1. The molecule has 0 aliphatic carbocycles. The van der Waals surface area contributed by atoms with Crippen LogP contribution < -0.4 is 16.0 Å². The van der Waals surface area contributed by atoms with E-state index in [9.17, 15) is 4.79 Å². The Morgan fingerprint density at radius 2 is 1.80 bits per heavy atom. The lowest BCUT2D eigenvalue weighted by Gasteiger charge is -2.19. The summed E-state index contributed by atoms with van der Waals surface area (Å²) < 4.78 is 5.86. The molecule has 5 heteroatoms. The van der Waals surface area contributed by atoms with E-state index < -0.39 is 6.10 Å². The Hall–Kier alpha value is -1.98. The maximum absolute atomic E-state index is 11.9. The highest BCUT2D eigenvalue weighted by atomic mass is 32.2. The van der Waals surface area contributed by atoms with E-state index in [2.05, 4.69) is 5.43 Å². The zero-order valence-corrected chi connectivity index (χ0v) is 11.9. The van der Waals surface area contributed by atoms with Crippen molar-refractivity contribution in [2.24, 2.45) is 5.84 Å². The standard InChI is InChI=1S/C15H16N2O2S/c1-20-13-10-6-5-9-12(13)19-14(15(18)17-16)11-7-3-2-4-8-11/h2-10,14H,16H2,1H3,(H,17,18). The molecule has 0 saturated heterocycles. The monoisotopic (exact) mass is 288 g/mol. The largest absolute Gasteiger partial charge is 0.475 e. The second-order valence-corrected chi connectivity index (χ2v) is 4.92. The van der Waals surface area contributed by atoms with Gasteiger partial charge in [0.25, 0.3) is 5.91 Å². The number of nitrogens with one attached hydrogen (secondary N) is 1. The van der Waals surface area contributed by atoms with Crippen molar-refractivity contribution in [3.63, 3.8) is 0 Å². The number of para-hydroxylation sites is 1. The number of hydrogen-bond donors (Lipinski definition) is 2. The molecule has 1 unspecified atom stereocenters. The topological polar surface area (TPSA) is 64.3 Å². The van der Waals surface area contributed by atoms with Gasteiger partial charge in [0, 0.05) is 10.5 Å². The summed E-state index contributed by atoms with van der Waals surface area (Å²) in [6.07, 6.45) is 1.19. The molecule has 2 aromatic carbocycles. The van der Waals surface area contributed by atoms with Gasteiger partial charge in [-0.15, -0.1) is 11.8 Å². The van der Waals surface area contributed by atoms with Gasteiger partial charge in [0.05, 0.1) is 0 Å². The van der Waals surface area contributed by atoms with Gasteiger partial charge < -0.3 is 4.74 Å². The van der Waals surface area contributed by atoms with Crippen molar-refractivity contribution in [3.05, 3.63) is 60.2 Å². The summed E-state index contributed by atoms with van der Waals surface area (Å²) in [5, 5.41) is 0. The van der Waals surface area contributed by atoms with Crippen LogP contribution in [0.4, 0.5) is 0 Å². The molecule has 0 heterocycles. The Kier molecular flexibility index (Phi) is 5.03. The number of nitrogens with two attached hydrogens (primary N) is 1. The van der Waals surface area contributed by atoms with Crippen LogP contribution in [0.1, 0.15) is 11.7 Å². The quantitative estimate of drug-likeness (QED) is 0.384. The van der Waals surface area contributed by atoms with E-state index in [-0.39, 0.29) is 5.91 Å². The van der Waals surface area contributed by atoms with E-state index in [1.165, 1.54) is 0 Å². The molecule has 2 rings (SSSR count). The Morgan fingerprint density at radius 1 is 1.15 bits per heavy atom. The van der Waals surface area contributed by atoms with Gasteiger partial charge in [0.1, 0.15) is 5.75 Å². The van der Waals surface area contributed by atoms with Gasteiger partial charge in [0.2, 0.25) is 6.10 Å². The van der Waals surface area contributed by atoms with Crippen molar-refractivity contribution in [2.45, 2.75) is 11.0 Å². The van der Waals surface area contributed by atoms with E-state index in [4.69, 9.17) is 10.6 Å². The molecule has 1 atom stereocenters. The molecule has 0 bridgehead atoms. The smallest absolute Gasteiger partial charge is 0.279 e. The van der Waals surface area contributed by atoms with E-state index in [0.717, 1.165) is 10.5 Å². The average Bonchev–Trinajstić information content (AvgIpc) is 2.53. The molecule has 104 valence electrons. The fraction of sp³-hybridized carbons (Fsp3) is 0.133. The number of carbonyl (C=O) groups is 1. The molecule has 4 nitrogen and oxygen atoms in total. The molecule has 20 heavy (non-hydrogen) atoms. The minimum atomic E-state index is -0.769. The Bertz CT molecular complexity index is 575. The van der Waals surface area contributed by atoms with Gasteiger partial charge in [-0.2, -0.15) is 0 Å². The Balaban J connectivity index is 2.31. The molecule has 0 aliphatic rings. The average molecular weight is 288 g/mol. The van der Waals surface area contributed by atoms with Crippen LogP contribution in [0.2, 0.25) is 0 Å². The molecule has 0 spiro atoms. The van der Waals surface area contributed by atoms with Gasteiger partial charge in [0.15, 0.2) is 0 Å². The van der Waals surface area contributed by atoms with Crippen LogP contribution in [0.15, 0.2) is 59.5 Å². The number of hydrogen-bond acceptors (Lipinski definition) is 4. The number of benzene rings is 2. The van der Waals surface area contributed by atoms with E-state index in [1.807, 2.05) is 60.9 Å². The second kappa shape index (κ2) is 6.98. The van der Waals surface area contributed by atoms with Gasteiger partial charge in [-0.25, -0.2) is 5.84 Å². The minimum Gasteiger partial charge on any atom is -0.475 e. The number of amides is 1. The van der Waals surface area contributed by atoms with E-state index >= 15 is 0 Å². The third-order valence-electron chi connectivity index (χ3n) is 2.80. The first-order valence-corrected chi connectivity index (χ1v) is 7.34. The maximum Gasteiger partial charge on any atom is 0.279 e. The molecule has 0 radical (unpaired) electrons. The molecule has 0 aliphatic heterocycles. The highest BCUT2D eigenvalue weighted by Gasteiger charge is 2.22. The van der Waals surface area contributed by atoms with Crippen molar-refractivity contribution in [2.75, 3.05) is 6.26 Å². The third kappa shape index (κ3) is 3.31. The summed E-state index contributed by atoms with van der Waals surface area (Å²) in [6, 6.07) is 16.9. The fourth-order valence-corrected chi connectivity index (χ4v) is 2.35. The van der Waals surface area contributed by atoms with E-state index in [1.54, 1.807) is 11.8 Å². The van der Waals surface area contributed by atoms with Crippen LogP contribution in [0, 0.1) is 0 Å². The number of rotatable bonds is 5. The highest BCUT2D eigenvalue weighted by Crippen LogP contribution is 2.31. The van der Waals surface area contributed by atoms with Gasteiger partial charge in [-0.3, -0.25) is 10.2 Å². The molecular weight excluding hydrogens is 272 g/mol. The third-order valence-corrected chi connectivity index (χ3v) is 3.57. The van der Waals surface area contributed by atoms with Crippen molar-refractivity contribution < 1.29 is 9.53 Å². The summed E-state index contributed by atoms with van der Waals surface area (Å²) in [5.41, 5.74) is 2.91. The molecule has 0 aromatic heterocycles. The zero-order valence-electron chi connectivity index (χ0n) is 11.1. The summed E-state index contributed by atoms with van der Waals surface area (Å²) in [5.74, 6) is 5.53. The van der Waals surface area contributed by atoms with Crippen LogP contribution in [-0.4, -0.2) is 12.2 Å². The molecule has 0 saturated carbocycles. The van der Waals surface area contributed by atoms with E-state index in [0.29, 0.717) is 5.75 Å². The summed E-state index contributed by atoms with van der Waals surface area (Å²) in [7, 11) is 0. The molecule has 2 aromatic rings. The first-order valence-electron chi connectivity index (χ1n) is 6.11. The van der Waals surface area contributed by atoms with Gasteiger partial charge >= 0.3 is 0 Å². The number of hydrazine groups is 1. The number of carbonyl (C=O) groups excluding carboxylic acids is 1. The molecule has 0 fully saturated rings. The van der Waals surface area contributed by atoms with Crippen LogP contribution >= 0.6 is 11.8 Å². The molecule has 3 N–H and O–H groups in total. The summed E-state index contributed by atoms with van der Waals surface area (Å²) in [4.78, 5) is 12.9. The molecular formula is C15H16N2O2S. The highest BCUT2D eigenvalue weighted by molar-refractivity contribution is 7.98. The van der Waals surface area contributed by atoms with Gasteiger partial charge in [-0.05, 0) is 18.4 Å². The zero-order chi connectivity index (χ0) is 14.4. The lowest BCUT2D eigenvalue weighted by Crippen LogP contribution is -2.37. The van der Waals surface area contributed by atoms with Crippen LogP contribution in [0.25, 0.3) is 0 Å². The fourth-order valence-electron chi connectivity index (χ4n) is 1.82. The predicted octanol–water partition coefficient (Wildman–Crippen LogP) is 2.52. The number of ether oxygens (including phenoxy) is 1. The molecule has 1 amide bonds. The maximum atomic E-state index is 11.9. The normalized spacial score (nSPS) is 11.7. The Morgan fingerprint density at radius 3 is 2.45 bits per heavy atom. The van der Waals surface area contributed by atoms with Crippen LogP contribution in [0.5, 0.6) is 5.75 Å². The van der Waals surface area contributed by atoms with Crippen LogP contribution in [0.3, 0.4) is 0 Å². The summed E-state index contributed by atoms with van der Waals surface area (Å²) in [6.45, 7) is 0. The number of thioether (sulfide) groups is 1. The van der Waals surface area contributed by atoms with Crippen LogP contribution in [-0.2, 0) is 4.79 Å². The van der Waals surface area contributed by atoms with Crippen molar-refractivity contribution in [1.82, 2.24) is 5.43 Å². The van der Waals surface area contributed by atoms with Crippen molar-refractivity contribution in [1.29, 1.82) is 0 Å². The first kappa shape index (κ1) is 14.4. The Labute approximate surface area is 122 Å². The lowest BCUT2D eigenvalue weighted by atomic mass is 10.1. The lowest BCUT2D eigenvalue weighted by molar-refractivity contribution is -0.128. The van der Waals surface area contributed by atoms with Crippen molar-refractivity contribution in [3.8, 4) is 5.75 Å². The summed E-state index contributed by atoms with van der Waals surface area (Å²) >= 11 is 1.56. The minimum absolute atomic E-state index is 0.382. The van der Waals surface area contributed by atoms with Gasteiger partial charge in [-0.1, -0.05) is 42.5 Å². The van der Waals surface area contributed by atoms with Crippen molar-refractivity contribution >= 4 is 17.7 Å². The predicted molar refractivity (Wildman–Crippen MR) is 80.4 cm³/mol.